The van der Waals surface area contributed by atoms with Gasteiger partial charge in [0.25, 0.3) is 0 Å². The Labute approximate surface area is 158 Å². The average molecular weight is 396 g/mol. The van der Waals surface area contributed by atoms with Crippen LogP contribution in [0.3, 0.4) is 0 Å². The van der Waals surface area contributed by atoms with Crippen LogP contribution in [0.5, 0.6) is 0 Å². The molecule has 0 aromatic heterocycles. The molecule has 1 aromatic carbocycles. The first kappa shape index (κ1) is 19.8. The highest BCUT2D eigenvalue weighted by Crippen LogP contribution is 2.31. The minimum absolute atomic E-state index is 0.156. The van der Waals surface area contributed by atoms with E-state index in [0.717, 1.165) is 12.8 Å². The molecule has 0 radical (unpaired) electrons. The molecule has 9 heteroatoms. The fraction of sp³-hybridized carbons (Fsp3) is 0.556. The van der Waals surface area contributed by atoms with Crippen molar-refractivity contribution >= 4 is 27.6 Å². The number of sulfonamides is 1. The zero-order chi connectivity index (χ0) is 19.4. The lowest BCUT2D eigenvalue weighted by molar-refractivity contribution is -0.147. The number of carboxylic acid groups (broad SMARTS) is 1. The van der Waals surface area contributed by atoms with Crippen molar-refractivity contribution in [3.63, 3.8) is 0 Å². The van der Waals surface area contributed by atoms with Gasteiger partial charge in [0, 0.05) is 18.8 Å². The van der Waals surface area contributed by atoms with Crippen molar-refractivity contribution in [1.29, 1.82) is 0 Å². The second-order valence-corrected chi connectivity index (χ2v) is 8.80. The van der Waals surface area contributed by atoms with Crippen LogP contribution in [-0.4, -0.2) is 56.0 Å². The summed E-state index contributed by atoms with van der Waals surface area (Å²) in [4.78, 5) is 24.0. The average Bonchev–Trinajstić information content (AvgIpc) is 2.69. The number of hydrogen-bond acceptors (Lipinski definition) is 5. The normalized spacial score (nSPS) is 24.3. The number of ether oxygens (including phenoxy) is 1. The molecule has 8 nitrogen and oxygen atoms in total. The largest absolute Gasteiger partial charge is 0.481 e. The van der Waals surface area contributed by atoms with Gasteiger partial charge in [-0.3, -0.25) is 9.59 Å². The summed E-state index contributed by atoms with van der Waals surface area (Å²) in [5.41, 5.74) is 0.454. The first-order valence-electron chi connectivity index (χ1n) is 9.11. The summed E-state index contributed by atoms with van der Waals surface area (Å²) in [7, 11) is -3.58. The summed E-state index contributed by atoms with van der Waals surface area (Å²) in [5.74, 6) is -2.50. The number of nitrogens with one attached hydrogen (secondary N) is 1. The van der Waals surface area contributed by atoms with E-state index >= 15 is 0 Å². The van der Waals surface area contributed by atoms with Crippen molar-refractivity contribution in [2.24, 2.45) is 11.8 Å². The predicted octanol–water partition coefficient (Wildman–Crippen LogP) is 1.54. The number of carbonyl (C=O) groups is 2. The van der Waals surface area contributed by atoms with Crippen LogP contribution < -0.4 is 5.32 Å². The van der Waals surface area contributed by atoms with Gasteiger partial charge >= 0.3 is 5.97 Å². The topological polar surface area (TPSA) is 113 Å². The predicted molar refractivity (Wildman–Crippen MR) is 97.7 cm³/mol. The molecule has 1 saturated carbocycles. The Bertz CT molecular complexity index is 787. The first-order valence-corrected chi connectivity index (χ1v) is 10.6. The van der Waals surface area contributed by atoms with E-state index in [1.165, 1.54) is 28.6 Å². The third-order valence-corrected chi connectivity index (χ3v) is 7.06. The number of morpholine rings is 1. The van der Waals surface area contributed by atoms with E-state index < -0.39 is 27.8 Å². The first-order chi connectivity index (χ1) is 12.9. The number of nitrogens with zero attached hydrogens (tertiary/aromatic N) is 1. The molecule has 148 valence electrons. The van der Waals surface area contributed by atoms with Gasteiger partial charge in [0.1, 0.15) is 0 Å². The summed E-state index contributed by atoms with van der Waals surface area (Å²) in [6, 6.07) is 5.97. The molecule has 1 aromatic rings. The van der Waals surface area contributed by atoms with E-state index in [1.54, 1.807) is 0 Å². The van der Waals surface area contributed by atoms with Gasteiger partial charge in [0.2, 0.25) is 15.9 Å². The SMILES string of the molecule is O=C(O)[C@H]1CCCC[C@@H]1C(=O)Nc1ccc(S(=O)(=O)N2CCOCC2)cc1. The molecule has 2 atom stereocenters. The highest BCUT2D eigenvalue weighted by Gasteiger charge is 2.35. The van der Waals surface area contributed by atoms with Crippen LogP contribution in [0.15, 0.2) is 29.2 Å². The molecular formula is C18H24N2O6S. The minimum atomic E-state index is -3.58. The molecule has 2 fully saturated rings. The van der Waals surface area contributed by atoms with Crippen LogP contribution in [0.1, 0.15) is 25.7 Å². The van der Waals surface area contributed by atoms with Crippen LogP contribution in [-0.2, 0) is 24.3 Å². The Hall–Kier alpha value is -1.97. The Morgan fingerprint density at radius 3 is 2.22 bits per heavy atom. The van der Waals surface area contributed by atoms with Crippen molar-refractivity contribution in [3.05, 3.63) is 24.3 Å². The summed E-state index contributed by atoms with van der Waals surface area (Å²) >= 11 is 0. The summed E-state index contributed by atoms with van der Waals surface area (Å²) in [6.45, 7) is 1.39. The van der Waals surface area contributed by atoms with Crippen molar-refractivity contribution in [2.45, 2.75) is 30.6 Å². The number of carbonyl (C=O) groups excluding carboxylic acids is 1. The fourth-order valence-corrected chi connectivity index (χ4v) is 5.03. The van der Waals surface area contributed by atoms with Crippen molar-refractivity contribution < 1.29 is 27.9 Å². The van der Waals surface area contributed by atoms with E-state index in [2.05, 4.69) is 5.32 Å². The minimum Gasteiger partial charge on any atom is -0.481 e. The van der Waals surface area contributed by atoms with Gasteiger partial charge in [0.05, 0.1) is 29.9 Å². The van der Waals surface area contributed by atoms with Crippen LogP contribution in [0.25, 0.3) is 0 Å². The third-order valence-electron chi connectivity index (χ3n) is 5.15. The van der Waals surface area contributed by atoms with Gasteiger partial charge in [-0.05, 0) is 37.1 Å². The Morgan fingerprint density at radius 1 is 1.04 bits per heavy atom. The molecule has 0 bridgehead atoms. The number of hydrogen-bond donors (Lipinski definition) is 2. The highest BCUT2D eigenvalue weighted by atomic mass is 32.2. The Balaban J connectivity index is 1.68. The lowest BCUT2D eigenvalue weighted by Gasteiger charge is -2.27. The lowest BCUT2D eigenvalue weighted by atomic mass is 9.78. The Morgan fingerprint density at radius 2 is 1.63 bits per heavy atom. The Kier molecular flexibility index (Phi) is 6.13. The van der Waals surface area contributed by atoms with E-state index in [9.17, 15) is 23.1 Å². The van der Waals surface area contributed by atoms with Gasteiger partial charge in [0.15, 0.2) is 0 Å². The molecule has 3 rings (SSSR count). The van der Waals surface area contributed by atoms with Gasteiger partial charge in [-0.25, -0.2) is 8.42 Å². The molecule has 1 saturated heterocycles. The maximum absolute atomic E-state index is 12.6. The molecule has 27 heavy (non-hydrogen) atoms. The summed E-state index contributed by atoms with van der Waals surface area (Å²) in [6.07, 6.45) is 2.70. The lowest BCUT2D eigenvalue weighted by Crippen LogP contribution is -2.40. The number of benzene rings is 1. The van der Waals surface area contributed by atoms with E-state index in [4.69, 9.17) is 4.74 Å². The zero-order valence-electron chi connectivity index (χ0n) is 15.0. The second-order valence-electron chi connectivity index (χ2n) is 6.87. The fourth-order valence-electron chi connectivity index (χ4n) is 3.62. The number of carboxylic acids is 1. The van der Waals surface area contributed by atoms with Crippen molar-refractivity contribution in [3.8, 4) is 0 Å². The van der Waals surface area contributed by atoms with Gasteiger partial charge < -0.3 is 15.2 Å². The highest BCUT2D eigenvalue weighted by molar-refractivity contribution is 7.89. The molecule has 0 spiro atoms. The maximum atomic E-state index is 12.6. The second kappa shape index (κ2) is 8.37. The van der Waals surface area contributed by atoms with E-state index in [-0.39, 0.29) is 10.8 Å². The maximum Gasteiger partial charge on any atom is 0.307 e. The molecule has 2 aliphatic rings. The molecule has 0 unspecified atom stereocenters. The van der Waals surface area contributed by atoms with Gasteiger partial charge in [-0.15, -0.1) is 0 Å². The molecular weight excluding hydrogens is 372 g/mol. The van der Waals surface area contributed by atoms with Crippen LogP contribution in [0.2, 0.25) is 0 Å². The number of anilines is 1. The van der Waals surface area contributed by atoms with Crippen LogP contribution >= 0.6 is 0 Å². The third kappa shape index (κ3) is 4.48. The molecule has 1 amide bonds. The summed E-state index contributed by atoms with van der Waals surface area (Å²) < 4.78 is 31.8. The van der Waals surface area contributed by atoms with Crippen LogP contribution in [0, 0.1) is 11.8 Å². The van der Waals surface area contributed by atoms with E-state index in [1.807, 2.05) is 0 Å². The van der Waals surface area contributed by atoms with Crippen molar-refractivity contribution in [1.82, 2.24) is 4.31 Å². The van der Waals surface area contributed by atoms with Gasteiger partial charge in [-0.1, -0.05) is 12.8 Å². The van der Waals surface area contributed by atoms with Gasteiger partial charge in [-0.2, -0.15) is 4.31 Å². The quantitative estimate of drug-likeness (QED) is 0.781. The molecule has 1 heterocycles. The van der Waals surface area contributed by atoms with Crippen molar-refractivity contribution in [2.75, 3.05) is 31.6 Å². The number of rotatable bonds is 5. The smallest absolute Gasteiger partial charge is 0.307 e. The standard InChI is InChI=1S/C18H24N2O6S/c21-17(15-3-1-2-4-16(15)18(22)23)19-13-5-7-14(8-6-13)27(24,25)20-9-11-26-12-10-20/h5-8,15-16H,1-4,9-12H2,(H,19,21)(H,22,23)/t15-,16-/m0/s1. The molecule has 2 N–H and O–H groups in total. The molecule has 1 aliphatic heterocycles. The number of amides is 1. The zero-order valence-corrected chi connectivity index (χ0v) is 15.8. The number of aliphatic carboxylic acids is 1. The summed E-state index contributed by atoms with van der Waals surface area (Å²) in [5, 5.41) is 12.0. The molecule has 1 aliphatic carbocycles. The van der Waals surface area contributed by atoms with E-state index in [0.29, 0.717) is 44.8 Å². The van der Waals surface area contributed by atoms with Crippen LogP contribution in [0.4, 0.5) is 5.69 Å². The monoisotopic (exact) mass is 396 g/mol.